The van der Waals surface area contributed by atoms with Gasteiger partial charge in [0.25, 0.3) is 0 Å². The van der Waals surface area contributed by atoms with Gasteiger partial charge in [0.15, 0.2) is 0 Å². The number of phosphoric acid groups is 1. The second kappa shape index (κ2) is 3.80. The van der Waals surface area contributed by atoms with Crippen LogP contribution in [0.3, 0.4) is 0 Å². The summed E-state index contributed by atoms with van der Waals surface area (Å²) in [6, 6.07) is 1.59. The Hall–Kier alpha value is -1.11. The van der Waals surface area contributed by atoms with Gasteiger partial charge >= 0.3 is 14.0 Å². The van der Waals surface area contributed by atoms with Gasteiger partial charge in [0.1, 0.15) is 5.56 Å². The molecule has 0 amide bonds. The monoisotopic (exact) mass is 243 g/mol. The summed E-state index contributed by atoms with van der Waals surface area (Å²) in [6.07, 6.45) is -3.85. The van der Waals surface area contributed by atoms with Gasteiger partial charge in [-0.1, -0.05) is 0 Å². The maximum atomic E-state index is 12.3. The van der Waals surface area contributed by atoms with Gasteiger partial charge in [-0.05, 0) is 12.1 Å². The number of hydrogen-bond acceptors (Lipinski definition) is 3. The molecule has 0 saturated carbocycles. The number of hydrogen-bond donors (Lipinski definition) is 2. The molecule has 0 bridgehead atoms. The molecule has 1 rings (SSSR count). The first kappa shape index (κ1) is 12.0. The smallest absolute Gasteiger partial charge is 0.385 e. The third-order valence-corrected chi connectivity index (χ3v) is 1.69. The van der Waals surface area contributed by atoms with E-state index in [0.717, 1.165) is 12.3 Å². The molecular formula is C6H5F3NO4P. The molecule has 9 heteroatoms. The first-order chi connectivity index (χ1) is 6.70. The molecule has 0 aliphatic rings. The molecule has 0 aliphatic carbocycles. The molecule has 0 aromatic carbocycles. The van der Waals surface area contributed by atoms with Crippen LogP contribution in [0.25, 0.3) is 0 Å². The number of aromatic nitrogens is 1. The predicted octanol–water partition coefficient (Wildman–Crippen LogP) is 1.57. The second-order valence-electron chi connectivity index (χ2n) is 2.44. The number of rotatable bonds is 2. The lowest BCUT2D eigenvalue weighted by Gasteiger charge is -2.12. The standard InChI is InChI=1S/C6H5F3NO4P/c7-6(8,9)4-2-1-3-10-5(4)14-15(11,12)13/h1-3H,(H2,11,12,13). The van der Waals surface area contributed by atoms with E-state index in [1.54, 1.807) is 0 Å². The molecule has 0 atom stereocenters. The molecule has 0 fully saturated rings. The summed E-state index contributed by atoms with van der Waals surface area (Å²) in [6.45, 7) is 0. The minimum atomic E-state index is -5.05. The van der Waals surface area contributed by atoms with Crippen molar-refractivity contribution in [2.24, 2.45) is 0 Å². The van der Waals surface area contributed by atoms with Crippen LogP contribution < -0.4 is 4.52 Å². The molecular weight excluding hydrogens is 238 g/mol. The Balaban J connectivity index is 3.14. The molecule has 5 nitrogen and oxygen atoms in total. The van der Waals surface area contributed by atoms with Crippen molar-refractivity contribution in [2.75, 3.05) is 0 Å². The van der Waals surface area contributed by atoms with Crippen LogP contribution in [-0.4, -0.2) is 14.8 Å². The van der Waals surface area contributed by atoms with E-state index in [2.05, 4.69) is 9.51 Å². The summed E-state index contributed by atoms with van der Waals surface area (Å²) >= 11 is 0. The molecule has 15 heavy (non-hydrogen) atoms. The Morgan fingerprint density at radius 3 is 2.47 bits per heavy atom. The average Bonchev–Trinajstić information content (AvgIpc) is 1.99. The zero-order chi connectivity index (χ0) is 11.7. The van der Waals surface area contributed by atoms with Gasteiger partial charge in [0.05, 0.1) is 0 Å². The van der Waals surface area contributed by atoms with Crippen molar-refractivity contribution >= 4 is 7.82 Å². The zero-order valence-electron chi connectivity index (χ0n) is 6.97. The number of phosphoric ester groups is 1. The molecule has 1 aromatic heterocycles. The van der Waals surface area contributed by atoms with Crippen LogP contribution in [0.2, 0.25) is 0 Å². The highest BCUT2D eigenvalue weighted by molar-refractivity contribution is 7.46. The van der Waals surface area contributed by atoms with E-state index in [4.69, 9.17) is 9.79 Å². The predicted molar refractivity (Wildman–Crippen MR) is 41.9 cm³/mol. The SMILES string of the molecule is O=P(O)(O)Oc1ncccc1C(F)(F)F. The highest BCUT2D eigenvalue weighted by Crippen LogP contribution is 2.42. The Kier molecular flexibility index (Phi) is 3.03. The first-order valence-electron chi connectivity index (χ1n) is 3.47. The van der Waals surface area contributed by atoms with Crippen LogP contribution >= 0.6 is 7.82 Å². The summed E-state index contributed by atoms with van der Waals surface area (Å²) < 4.78 is 50.9. The lowest BCUT2D eigenvalue weighted by molar-refractivity contribution is -0.138. The third-order valence-electron chi connectivity index (χ3n) is 1.28. The van der Waals surface area contributed by atoms with Gasteiger partial charge < -0.3 is 4.52 Å². The summed E-state index contributed by atoms with van der Waals surface area (Å²) in [5.74, 6) is -1.14. The summed E-state index contributed by atoms with van der Waals surface area (Å²) in [5, 5.41) is 0. The first-order valence-corrected chi connectivity index (χ1v) is 5.00. The summed E-state index contributed by atoms with van der Waals surface area (Å²) in [5.41, 5.74) is -1.34. The van der Waals surface area contributed by atoms with Crippen molar-refractivity contribution in [1.82, 2.24) is 4.98 Å². The molecule has 1 aromatic rings. The molecule has 0 unspecified atom stereocenters. The molecule has 2 N–H and O–H groups in total. The van der Waals surface area contributed by atoms with E-state index in [1.165, 1.54) is 0 Å². The van der Waals surface area contributed by atoms with Crippen LogP contribution in [0, 0.1) is 0 Å². The largest absolute Gasteiger partial charge is 0.526 e. The maximum absolute atomic E-state index is 12.3. The second-order valence-corrected chi connectivity index (χ2v) is 3.60. The highest BCUT2D eigenvalue weighted by atomic mass is 31.2. The number of halogens is 3. The van der Waals surface area contributed by atoms with Gasteiger partial charge in [-0.3, -0.25) is 9.79 Å². The van der Waals surface area contributed by atoms with E-state index >= 15 is 0 Å². The van der Waals surface area contributed by atoms with E-state index in [-0.39, 0.29) is 0 Å². The fourth-order valence-corrected chi connectivity index (χ4v) is 1.16. The lowest BCUT2D eigenvalue weighted by Crippen LogP contribution is -2.08. The van der Waals surface area contributed by atoms with E-state index in [9.17, 15) is 17.7 Å². The fraction of sp³-hybridized carbons (Fsp3) is 0.167. The van der Waals surface area contributed by atoms with E-state index in [0.29, 0.717) is 6.07 Å². The average molecular weight is 243 g/mol. The number of nitrogens with zero attached hydrogens (tertiary/aromatic N) is 1. The summed E-state index contributed by atoms with van der Waals surface area (Å²) in [4.78, 5) is 19.8. The van der Waals surface area contributed by atoms with Crippen molar-refractivity contribution < 1.29 is 32.0 Å². The third kappa shape index (κ3) is 3.50. The molecule has 1 heterocycles. The van der Waals surface area contributed by atoms with E-state index in [1.807, 2.05) is 0 Å². The minimum Gasteiger partial charge on any atom is -0.385 e. The quantitative estimate of drug-likeness (QED) is 0.770. The van der Waals surface area contributed by atoms with Crippen molar-refractivity contribution in [1.29, 1.82) is 0 Å². The van der Waals surface area contributed by atoms with Crippen molar-refractivity contribution in [3.63, 3.8) is 0 Å². The van der Waals surface area contributed by atoms with Crippen LogP contribution in [0.15, 0.2) is 18.3 Å². The Labute approximate surface area is 81.8 Å². The lowest BCUT2D eigenvalue weighted by atomic mass is 10.3. The van der Waals surface area contributed by atoms with Crippen LogP contribution in [0.1, 0.15) is 5.56 Å². The van der Waals surface area contributed by atoms with Crippen molar-refractivity contribution in [2.45, 2.75) is 6.18 Å². The Bertz CT molecular complexity index is 402. The van der Waals surface area contributed by atoms with Crippen molar-refractivity contribution in [3.05, 3.63) is 23.9 Å². The van der Waals surface area contributed by atoms with Gasteiger partial charge in [-0.2, -0.15) is 13.2 Å². The minimum absolute atomic E-state index is 0.609. The molecule has 84 valence electrons. The van der Waals surface area contributed by atoms with Crippen LogP contribution in [-0.2, 0) is 10.7 Å². The zero-order valence-corrected chi connectivity index (χ0v) is 7.87. The van der Waals surface area contributed by atoms with Crippen LogP contribution in [0.4, 0.5) is 13.2 Å². The molecule has 0 spiro atoms. The Morgan fingerprint density at radius 2 is 2.00 bits per heavy atom. The Morgan fingerprint density at radius 1 is 1.40 bits per heavy atom. The molecule has 0 aliphatic heterocycles. The van der Waals surface area contributed by atoms with E-state index < -0.39 is 25.4 Å². The highest BCUT2D eigenvalue weighted by Gasteiger charge is 2.36. The van der Waals surface area contributed by atoms with Gasteiger partial charge in [0, 0.05) is 6.20 Å². The fourth-order valence-electron chi connectivity index (χ4n) is 0.792. The normalized spacial score (nSPS) is 12.6. The number of pyridine rings is 1. The van der Waals surface area contributed by atoms with Crippen molar-refractivity contribution in [3.8, 4) is 5.88 Å². The van der Waals surface area contributed by atoms with Gasteiger partial charge in [-0.15, -0.1) is 0 Å². The van der Waals surface area contributed by atoms with Gasteiger partial charge in [-0.25, -0.2) is 9.55 Å². The summed E-state index contributed by atoms with van der Waals surface area (Å²) in [7, 11) is -5.05. The van der Waals surface area contributed by atoms with Gasteiger partial charge in [0.2, 0.25) is 5.88 Å². The molecule has 0 radical (unpaired) electrons. The van der Waals surface area contributed by atoms with Crippen LogP contribution in [0.5, 0.6) is 5.88 Å². The maximum Gasteiger partial charge on any atom is 0.526 e. The number of alkyl halides is 3. The molecule has 0 saturated heterocycles. The topological polar surface area (TPSA) is 79.7 Å².